The van der Waals surface area contributed by atoms with Gasteiger partial charge in [0.2, 0.25) is 0 Å². The monoisotopic (exact) mass is 739 g/mol. The number of hydrogen-bond donors (Lipinski definition) is 1. The molecular formula is C37H40IrNO3-. The van der Waals surface area contributed by atoms with Gasteiger partial charge in [-0.3, -0.25) is 4.79 Å². The molecule has 1 fully saturated rings. The molecule has 1 radical (unpaired) electrons. The molecule has 0 amide bonds. The standard InChI is InChI=1S/C32H32NO.C5H8O2.Ir/c1-19(2)23-16-27-24-11-7-8-12-30(24)34-32(27)28(17-23)31-25-14-13-22(21-9-5-6-10-21)15-26(25)29(18-33-31)20(3)4;1-4(6)3-5(2)7;/h7-8,11-16,18-21H,5-6,9-10H2,1-4H3;3,6H,1-2H3;/q-1;;/b;4-3-;. The summed E-state index contributed by atoms with van der Waals surface area (Å²) in [5, 5.41) is 13.2. The minimum absolute atomic E-state index is 0. The van der Waals surface area contributed by atoms with Crippen LogP contribution in [0, 0.1) is 6.07 Å². The minimum atomic E-state index is -0.125. The number of fused-ring (bicyclic) bond motifs is 4. The molecule has 1 aliphatic rings. The molecule has 0 unspecified atom stereocenters. The van der Waals surface area contributed by atoms with Crippen molar-refractivity contribution >= 4 is 38.5 Å². The van der Waals surface area contributed by atoms with Crippen LogP contribution in [0.5, 0.6) is 0 Å². The summed E-state index contributed by atoms with van der Waals surface area (Å²) in [7, 11) is 0. The Balaban J connectivity index is 0.000000454. The summed E-state index contributed by atoms with van der Waals surface area (Å²) in [5.41, 5.74) is 7.75. The van der Waals surface area contributed by atoms with E-state index in [9.17, 15) is 4.79 Å². The molecule has 1 aliphatic carbocycles. The van der Waals surface area contributed by atoms with E-state index in [-0.39, 0.29) is 31.6 Å². The number of carbonyl (C=O) groups is 1. The number of aliphatic hydroxyl groups excluding tert-OH is 1. The third-order valence-electron chi connectivity index (χ3n) is 8.09. The van der Waals surface area contributed by atoms with E-state index in [1.54, 1.807) is 0 Å². The molecule has 6 rings (SSSR count). The van der Waals surface area contributed by atoms with Crippen molar-refractivity contribution in [2.45, 2.75) is 85.0 Å². The van der Waals surface area contributed by atoms with Gasteiger partial charge in [-0.15, -0.1) is 17.7 Å². The van der Waals surface area contributed by atoms with Crippen LogP contribution in [0.3, 0.4) is 0 Å². The fraction of sp³-hybridized carbons (Fsp3) is 0.351. The average molecular weight is 739 g/mol. The van der Waals surface area contributed by atoms with E-state index in [0.29, 0.717) is 17.8 Å². The zero-order valence-corrected chi connectivity index (χ0v) is 27.8. The first kappa shape index (κ1) is 31.7. The summed E-state index contributed by atoms with van der Waals surface area (Å²) in [5.74, 6) is 1.42. The second kappa shape index (κ2) is 13.4. The fourth-order valence-corrected chi connectivity index (χ4v) is 6.01. The zero-order valence-electron chi connectivity index (χ0n) is 25.4. The first-order valence-corrected chi connectivity index (χ1v) is 14.8. The van der Waals surface area contributed by atoms with Gasteiger partial charge in [0.05, 0.1) is 11.3 Å². The molecule has 3 aromatic carbocycles. The number of allylic oxidation sites excluding steroid dienone is 2. The van der Waals surface area contributed by atoms with Crippen LogP contribution in [-0.4, -0.2) is 15.9 Å². The van der Waals surface area contributed by atoms with Crippen LogP contribution in [0.1, 0.15) is 102 Å². The Morgan fingerprint density at radius 2 is 1.67 bits per heavy atom. The van der Waals surface area contributed by atoms with Crippen LogP contribution < -0.4 is 0 Å². The van der Waals surface area contributed by atoms with Crippen LogP contribution in [-0.2, 0) is 24.9 Å². The van der Waals surface area contributed by atoms with Crippen molar-refractivity contribution < 1.29 is 34.4 Å². The average Bonchev–Trinajstić information content (AvgIpc) is 3.60. The number of para-hydroxylation sites is 1. The Labute approximate surface area is 262 Å². The van der Waals surface area contributed by atoms with E-state index in [4.69, 9.17) is 14.5 Å². The van der Waals surface area contributed by atoms with Crippen molar-refractivity contribution in [1.29, 1.82) is 0 Å². The molecule has 0 bridgehead atoms. The third kappa shape index (κ3) is 6.53. The van der Waals surface area contributed by atoms with Crippen molar-refractivity contribution in [3.63, 3.8) is 0 Å². The summed E-state index contributed by atoms with van der Waals surface area (Å²) in [6, 6.07) is 21.4. The molecule has 0 aliphatic heterocycles. The predicted molar refractivity (Wildman–Crippen MR) is 170 cm³/mol. The molecule has 5 aromatic rings. The van der Waals surface area contributed by atoms with Crippen LogP contribution >= 0.6 is 0 Å². The van der Waals surface area contributed by atoms with E-state index in [1.807, 2.05) is 6.07 Å². The molecule has 4 nitrogen and oxygen atoms in total. The Bertz CT molecular complexity index is 1750. The smallest absolute Gasteiger partial charge is 0.155 e. The number of hydrogen-bond acceptors (Lipinski definition) is 4. The zero-order chi connectivity index (χ0) is 29.3. The second-order valence-electron chi connectivity index (χ2n) is 12.0. The van der Waals surface area contributed by atoms with E-state index >= 15 is 0 Å². The number of rotatable bonds is 5. The maximum atomic E-state index is 10.0. The first-order valence-electron chi connectivity index (χ1n) is 14.8. The van der Waals surface area contributed by atoms with Crippen LogP contribution in [0.15, 0.2) is 71.0 Å². The molecule has 0 saturated heterocycles. The Hall–Kier alpha value is -3.27. The van der Waals surface area contributed by atoms with Crippen LogP contribution in [0.25, 0.3) is 44.0 Å². The summed E-state index contributed by atoms with van der Waals surface area (Å²) in [4.78, 5) is 15.1. The van der Waals surface area contributed by atoms with E-state index in [1.165, 1.54) is 73.1 Å². The number of aromatic nitrogens is 1. The largest absolute Gasteiger partial charge is 0.512 e. The summed E-state index contributed by atoms with van der Waals surface area (Å²) < 4.78 is 6.43. The topological polar surface area (TPSA) is 63.3 Å². The van der Waals surface area contributed by atoms with Crippen molar-refractivity contribution in [3.05, 3.63) is 89.3 Å². The van der Waals surface area contributed by atoms with Crippen molar-refractivity contribution in [3.8, 4) is 11.3 Å². The molecule has 2 heterocycles. The SMILES string of the molecule is CC(=O)/C=C(/C)O.CC(C)c1[c-]c(-c2ncc(C(C)C)c3cc(C4CCCC4)ccc23)c2oc3ccccc3c2c1.[Ir]. The van der Waals surface area contributed by atoms with Crippen molar-refractivity contribution in [1.82, 2.24) is 4.98 Å². The maximum absolute atomic E-state index is 10.0. The molecule has 0 atom stereocenters. The van der Waals surface area contributed by atoms with Crippen LogP contribution in [0.2, 0.25) is 0 Å². The molecule has 1 N–H and O–H groups in total. The van der Waals surface area contributed by atoms with Crippen LogP contribution in [0.4, 0.5) is 0 Å². The Kier molecular flexibility index (Phi) is 10.1. The van der Waals surface area contributed by atoms with Gasteiger partial charge < -0.3 is 14.5 Å². The summed E-state index contributed by atoms with van der Waals surface area (Å²) in [6.07, 6.45) is 8.57. The Morgan fingerprint density at radius 1 is 0.952 bits per heavy atom. The van der Waals surface area contributed by atoms with Gasteiger partial charge in [-0.2, -0.15) is 0 Å². The number of nitrogens with zero attached hydrogens (tertiary/aromatic N) is 1. The number of pyridine rings is 1. The molecule has 1 saturated carbocycles. The minimum Gasteiger partial charge on any atom is -0.512 e. The predicted octanol–water partition coefficient (Wildman–Crippen LogP) is 10.5. The van der Waals surface area contributed by atoms with Gasteiger partial charge >= 0.3 is 0 Å². The summed E-state index contributed by atoms with van der Waals surface area (Å²) in [6.45, 7) is 11.8. The fourth-order valence-electron chi connectivity index (χ4n) is 6.01. The normalized spacial score (nSPS) is 14.0. The molecular weight excluding hydrogens is 699 g/mol. The van der Waals surface area contributed by atoms with E-state index in [2.05, 4.69) is 82.4 Å². The van der Waals surface area contributed by atoms with Gasteiger partial charge in [0, 0.05) is 37.8 Å². The molecule has 221 valence electrons. The summed E-state index contributed by atoms with van der Waals surface area (Å²) >= 11 is 0. The molecule has 0 spiro atoms. The first-order chi connectivity index (χ1) is 19.6. The van der Waals surface area contributed by atoms with E-state index in [0.717, 1.165) is 33.2 Å². The van der Waals surface area contributed by atoms with Gasteiger partial charge in [0.15, 0.2) is 5.78 Å². The van der Waals surface area contributed by atoms with Crippen molar-refractivity contribution in [2.24, 2.45) is 0 Å². The van der Waals surface area contributed by atoms with Gasteiger partial charge in [-0.1, -0.05) is 87.9 Å². The van der Waals surface area contributed by atoms with Gasteiger partial charge in [-0.05, 0) is 78.1 Å². The van der Waals surface area contributed by atoms with Gasteiger partial charge in [0.1, 0.15) is 5.58 Å². The van der Waals surface area contributed by atoms with Gasteiger partial charge in [-0.25, -0.2) is 0 Å². The van der Waals surface area contributed by atoms with Crippen molar-refractivity contribution in [2.75, 3.05) is 0 Å². The molecule has 42 heavy (non-hydrogen) atoms. The quantitative estimate of drug-likeness (QED) is 0.111. The van der Waals surface area contributed by atoms with E-state index < -0.39 is 0 Å². The number of carbonyl (C=O) groups excluding carboxylic acids is 1. The Morgan fingerprint density at radius 3 is 2.29 bits per heavy atom. The number of benzene rings is 3. The maximum Gasteiger partial charge on any atom is 0.155 e. The number of ketones is 1. The second-order valence-corrected chi connectivity index (χ2v) is 12.0. The third-order valence-corrected chi connectivity index (χ3v) is 8.09. The molecule has 2 aromatic heterocycles. The number of aliphatic hydroxyl groups is 1. The number of furan rings is 1. The molecule has 5 heteroatoms. The van der Waals surface area contributed by atoms with Gasteiger partial charge in [0.25, 0.3) is 0 Å².